The van der Waals surface area contributed by atoms with Crippen molar-refractivity contribution in [3.05, 3.63) is 65.2 Å². The van der Waals surface area contributed by atoms with Gasteiger partial charge in [-0.1, -0.05) is 29.8 Å². The van der Waals surface area contributed by atoms with Gasteiger partial charge >= 0.3 is 0 Å². The maximum atomic E-state index is 12.1. The summed E-state index contributed by atoms with van der Waals surface area (Å²) >= 11 is 0. The number of carbonyl (C=O) groups excluding carboxylic acids is 2. The number of benzene rings is 2. The molecule has 0 aliphatic rings. The van der Waals surface area contributed by atoms with Crippen molar-refractivity contribution in [3.8, 4) is 0 Å². The Morgan fingerprint density at radius 1 is 1.00 bits per heavy atom. The van der Waals surface area contributed by atoms with Gasteiger partial charge in [-0.05, 0) is 36.8 Å². The summed E-state index contributed by atoms with van der Waals surface area (Å²) in [6.07, 6.45) is 0.301. The molecule has 24 heavy (non-hydrogen) atoms. The molecule has 2 aromatic carbocycles. The van der Waals surface area contributed by atoms with Crippen LogP contribution in [0, 0.1) is 6.92 Å². The van der Waals surface area contributed by atoms with Crippen LogP contribution in [0.3, 0.4) is 0 Å². The van der Waals surface area contributed by atoms with Crippen LogP contribution in [-0.2, 0) is 16.0 Å². The molecule has 0 heterocycles. The van der Waals surface area contributed by atoms with E-state index in [2.05, 4.69) is 10.6 Å². The smallest absolute Gasteiger partial charge is 0.255 e. The average Bonchev–Trinajstić information content (AvgIpc) is 2.57. The van der Waals surface area contributed by atoms with Crippen LogP contribution in [0.4, 0.5) is 5.69 Å². The van der Waals surface area contributed by atoms with E-state index in [4.69, 9.17) is 4.74 Å². The molecule has 0 saturated carbocycles. The molecule has 0 bridgehead atoms. The van der Waals surface area contributed by atoms with Gasteiger partial charge < -0.3 is 15.4 Å². The second-order valence-corrected chi connectivity index (χ2v) is 5.54. The first-order valence-corrected chi connectivity index (χ1v) is 7.81. The zero-order valence-corrected chi connectivity index (χ0v) is 14.0. The lowest BCUT2D eigenvalue weighted by molar-refractivity contribution is -0.120. The molecule has 0 atom stereocenters. The lowest BCUT2D eigenvalue weighted by atomic mass is 10.1. The zero-order valence-electron chi connectivity index (χ0n) is 14.0. The number of nitrogens with one attached hydrogen (secondary N) is 2. The number of hydrogen-bond donors (Lipinski definition) is 2. The molecule has 0 radical (unpaired) electrons. The molecule has 2 aromatic rings. The number of anilines is 1. The monoisotopic (exact) mass is 326 g/mol. The van der Waals surface area contributed by atoms with E-state index < -0.39 is 0 Å². The van der Waals surface area contributed by atoms with E-state index in [-0.39, 0.29) is 11.8 Å². The molecule has 0 spiro atoms. The normalized spacial score (nSPS) is 10.2. The Bertz CT molecular complexity index is 679. The molecule has 0 aliphatic carbocycles. The maximum absolute atomic E-state index is 12.1. The van der Waals surface area contributed by atoms with Crippen LogP contribution in [0.1, 0.15) is 21.5 Å². The maximum Gasteiger partial charge on any atom is 0.255 e. The molecule has 0 aliphatic heterocycles. The summed E-state index contributed by atoms with van der Waals surface area (Å²) in [7, 11) is 1.59. The van der Waals surface area contributed by atoms with Crippen LogP contribution in [0.25, 0.3) is 0 Å². The van der Waals surface area contributed by atoms with Gasteiger partial charge in [-0.15, -0.1) is 0 Å². The van der Waals surface area contributed by atoms with Gasteiger partial charge in [0.05, 0.1) is 13.0 Å². The van der Waals surface area contributed by atoms with Crippen LogP contribution in [0.15, 0.2) is 48.5 Å². The minimum Gasteiger partial charge on any atom is -0.383 e. The number of ether oxygens (including phenoxy) is 1. The van der Waals surface area contributed by atoms with Gasteiger partial charge in [0.1, 0.15) is 0 Å². The number of hydrogen-bond acceptors (Lipinski definition) is 3. The molecule has 5 heteroatoms. The fraction of sp³-hybridized carbons (Fsp3) is 0.263. The topological polar surface area (TPSA) is 67.4 Å². The van der Waals surface area contributed by atoms with Gasteiger partial charge in [0, 0.05) is 24.9 Å². The van der Waals surface area contributed by atoms with Crippen LogP contribution in [-0.4, -0.2) is 32.1 Å². The van der Waals surface area contributed by atoms with E-state index in [9.17, 15) is 9.59 Å². The van der Waals surface area contributed by atoms with Gasteiger partial charge in [0.2, 0.25) is 5.91 Å². The second kappa shape index (κ2) is 8.84. The highest BCUT2D eigenvalue weighted by Gasteiger charge is 2.07. The van der Waals surface area contributed by atoms with Gasteiger partial charge in [0.15, 0.2) is 0 Å². The quantitative estimate of drug-likeness (QED) is 0.769. The Kier molecular flexibility index (Phi) is 6.51. The van der Waals surface area contributed by atoms with Crippen LogP contribution in [0.2, 0.25) is 0 Å². The fourth-order valence-corrected chi connectivity index (χ4v) is 2.15. The van der Waals surface area contributed by atoms with Crippen LogP contribution >= 0.6 is 0 Å². The SMILES string of the molecule is COCCNC(=O)Cc1ccc(NC(=O)c2ccc(C)cc2)cc1. The highest BCUT2D eigenvalue weighted by atomic mass is 16.5. The number of aryl methyl sites for hydroxylation is 1. The summed E-state index contributed by atoms with van der Waals surface area (Å²) in [5.74, 6) is -0.205. The average molecular weight is 326 g/mol. The van der Waals surface area contributed by atoms with Gasteiger partial charge in [-0.3, -0.25) is 9.59 Å². The molecule has 0 aromatic heterocycles. The van der Waals surface area contributed by atoms with Crippen molar-refractivity contribution in [2.75, 3.05) is 25.6 Å². The molecule has 0 saturated heterocycles. The fourth-order valence-electron chi connectivity index (χ4n) is 2.15. The molecular weight excluding hydrogens is 304 g/mol. The largest absolute Gasteiger partial charge is 0.383 e. The second-order valence-electron chi connectivity index (χ2n) is 5.54. The predicted octanol–water partition coefficient (Wildman–Crippen LogP) is 2.55. The van der Waals surface area contributed by atoms with Crippen molar-refractivity contribution >= 4 is 17.5 Å². The minimum absolute atomic E-state index is 0.0523. The molecule has 0 unspecified atom stereocenters. The Morgan fingerprint density at radius 3 is 2.29 bits per heavy atom. The third-order valence-electron chi connectivity index (χ3n) is 3.52. The number of methoxy groups -OCH3 is 1. The van der Waals surface area contributed by atoms with Gasteiger partial charge in [0.25, 0.3) is 5.91 Å². The van der Waals surface area contributed by atoms with E-state index >= 15 is 0 Å². The van der Waals surface area contributed by atoms with Crippen molar-refractivity contribution in [1.29, 1.82) is 0 Å². The summed E-state index contributed by atoms with van der Waals surface area (Å²) in [6, 6.07) is 14.7. The molecule has 126 valence electrons. The van der Waals surface area contributed by atoms with Crippen molar-refractivity contribution in [1.82, 2.24) is 5.32 Å². The third-order valence-corrected chi connectivity index (χ3v) is 3.52. The van der Waals surface area contributed by atoms with Crippen LogP contribution in [0.5, 0.6) is 0 Å². The number of rotatable bonds is 7. The van der Waals surface area contributed by atoms with Crippen molar-refractivity contribution in [2.24, 2.45) is 0 Å². The van der Waals surface area contributed by atoms with E-state index in [1.165, 1.54) is 0 Å². The lowest BCUT2D eigenvalue weighted by Gasteiger charge is -2.08. The highest BCUT2D eigenvalue weighted by Crippen LogP contribution is 2.12. The van der Waals surface area contributed by atoms with E-state index in [0.29, 0.717) is 30.8 Å². The van der Waals surface area contributed by atoms with Gasteiger partial charge in [-0.2, -0.15) is 0 Å². The highest BCUT2D eigenvalue weighted by molar-refractivity contribution is 6.04. The third kappa shape index (κ3) is 5.52. The molecule has 2 rings (SSSR count). The Hall–Kier alpha value is -2.66. The Morgan fingerprint density at radius 2 is 1.67 bits per heavy atom. The zero-order chi connectivity index (χ0) is 17.4. The molecule has 0 fully saturated rings. The molecule has 2 N–H and O–H groups in total. The Labute approximate surface area is 142 Å². The summed E-state index contributed by atoms with van der Waals surface area (Å²) < 4.78 is 4.88. The lowest BCUT2D eigenvalue weighted by Crippen LogP contribution is -2.28. The first-order chi connectivity index (χ1) is 11.6. The standard InChI is InChI=1S/C19H22N2O3/c1-14-3-7-16(8-4-14)19(23)21-17-9-5-15(6-10-17)13-18(22)20-11-12-24-2/h3-10H,11-13H2,1-2H3,(H,20,22)(H,21,23). The van der Waals surface area contributed by atoms with Gasteiger partial charge in [-0.25, -0.2) is 0 Å². The number of carbonyl (C=O) groups is 2. The molecule has 2 amide bonds. The van der Waals surface area contributed by atoms with E-state index in [0.717, 1.165) is 11.1 Å². The number of amides is 2. The first kappa shape index (κ1) is 17.7. The van der Waals surface area contributed by atoms with Crippen LogP contribution < -0.4 is 10.6 Å². The summed E-state index contributed by atoms with van der Waals surface area (Å²) in [4.78, 5) is 23.9. The molecular formula is C19H22N2O3. The van der Waals surface area contributed by atoms with E-state index in [1.807, 2.05) is 31.2 Å². The predicted molar refractivity (Wildman–Crippen MR) is 94.2 cm³/mol. The van der Waals surface area contributed by atoms with Crippen molar-refractivity contribution in [2.45, 2.75) is 13.3 Å². The van der Waals surface area contributed by atoms with E-state index in [1.54, 1.807) is 31.4 Å². The summed E-state index contributed by atoms with van der Waals surface area (Å²) in [6.45, 7) is 2.97. The summed E-state index contributed by atoms with van der Waals surface area (Å²) in [5.41, 5.74) is 3.31. The minimum atomic E-state index is -0.153. The molecule has 5 nitrogen and oxygen atoms in total. The van der Waals surface area contributed by atoms with Crippen molar-refractivity contribution in [3.63, 3.8) is 0 Å². The summed E-state index contributed by atoms with van der Waals surface area (Å²) in [5, 5.41) is 5.62. The van der Waals surface area contributed by atoms with Crippen molar-refractivity contribution < 1.29 is 14.3 Å². The first-order valence-electron chi connectivity index (χ1n) is 7.81. The Balaban J connectivity index is 1.88.